The zero-order valence-electron chi connectivity index (χ0n) is 7.42. The highest BCUT2D eigenvalue weighted by molar-refractivity contribution is 6.33. The predicted octanol–water partition coefficient (Wildman–Crippen LogP) is 1.52. The summed E-state index contributed by atoms with van der Waals surface area (Å²) in [5.74, 6) is 0.150. The molecule has 0 aromatic heterocycles. The Morgan fingerprint density at radius 3 is 2.69 bits per heavy atom. The molecule has 1 atom stereocenters. The quantitative estimate of drug-likeness (QED) is 0.501. The molecule has 0 aliphatic carbocycles. The third-order valence-electron chi connectivity index (χ3n) is 1.74. The van der Waals surface area contributed by atoms with Crippen molar-refractivity contribution in [1.29, 1.82) is 0 Å². The van der Waals surface area contributed by atoms with Gasteiger partial charge >= 0.3 is 0 Å². The molecule has 1 aromatic rings. The molecule has 0 heterocycles. The molecular formula is C9H13ClN2O. The summed E-state index contributed by atoms with van der Waals surface area (Å²) in [4.78, 5) is 0. The molecule has 72 valence electrons. The number of hydrogen-bond acceptors (Lipinski definition) is 3. The second-order valence-corrected chi connectivity index (χ2v) is 3.59. The number of aromatic hydroxyl groups is 1. The van der Waals surface area contributed by atoms with Crippen LogP contribution in [-0.4, -0.2) is 11.1 Å². The van der Waals surface area contributed by atoms with Crippen molar-refractivity contribution in [2.24, 2.45) is 5.73 Å². The van der Waals surface area contributed by atoms with Crippen molar-refractivity contribution >= 4 is 17.3 Å². The molecule has 1 aromatic carbocycles. The molecule has 0 amide bonds. The van der Waals surface area contributed by atoms with Crippen molar-refractivity contribution in [3.05, 3.63) is 22.7 Å². The van der Waals surface area contributed by atoms with E-state index < -0.39 is 0 Å². The number of phenolic OH excluding ortho intramolecular Hbond substituents is 1. The van der Waals surface area contributed by atoms with Gasteiger partial charge in [0.25, 0.3) is 0 Å². The van der Waals surface area contributed by atoms with Gasteiger partial charge in [0.1, 0.15) is 5.75 Å². The lowest BCUT2D eigenvalue weighted by molar-refractivity contribution is 0.466. The molecule has 0 spiro atoms. The molecule has 0 fully saturated rings. The molecule has 1 rings (SSSR count). The Morgan fingerprint density at radius 2 is 2.15 bits per heavy atom. The van der Waals surface area contributed by atoms with Crippen molar-refractivity contribution in [3.8, 4) is 5.75 Å². The van der Waals surface area contributed by atoms with E-state index in [0.717, 1.165) is 5.56 Å². The Morgan fingerprint density at radius 1 is 1.54 bits per heavy atom. The Bertz CT molecular complexity index is 313. The highest BCUT2D eigenvalue weighted by Gasteiger charge is 2.07. The van der Waals surface area contributed by atoms with E-state index in [9.17, 15) is 5.11 Å². The lowest BCUT2D eigenvalue weighted by Crippen LogP contribution is -2.17. The van der Waals surface area contributed by atoms with Gasteiger partial charge in [-0.25, -0.2) is 0 Å². The Labute approximate surface area is 82.3 Å². The maximum atomic E-state index is 9.47. The fourth-order valence-electron chi connectivity index (χ4n) is 1.14. The number of benzene rings is 1. The normalized spacial score (nSPS) is 12.8. The number of rotatable bonds is 2. The van der Waals surface area contributed by atoms with Crippen molar-refractivity contribution in [2.45, 2.75) is 19.4 Å². The number of phenols is 1. The van der Waals surface area contributed by atoms with Crippen LogP contribution in [0.1, 0.15) is 12.5 Å². The second-order valence-electron chi connectivity index (χ2n) is 3.18. The Kier molecular flexibility index (Phi) is 3.01. The summed E-state index contributed by atoms with van der Waals surface area (Å²) >= 11 is 5.71. The summed E-state index contributed by atoms with van der Waals surface area (Å²) in [5, 5.41) is 9.84. The molecule has 0 radical (unpaired) electrons. The van der Waals surface area contributed by atoms with Crippen LogP contribution in [0.2, 0.25) is 5.02 Å². The second kappa shape index (κ2) is 3.85. The third kappa shape index (κ3) is 2.50. The van der Waals surface area contributed by atoms with Crippen LogP contribution in [0.5, 0.6) is 5.75 Å². The zero-order chi connectivity index (χ0) is 10.0. The van der Waals surface area contributed by atoms with Gasteiger partial charge in [0.05, 0.1) is 10.7 Å². The third-order valence-corrected chi connectivity index (χ3v) is 2.07. The van der Waals surface area contributed by atoms with Gasteiger partial charge < -0.3 is 16.6 Å². The minimum absolute atomic E-state index is 0.00789. The molecule has 13 heavy (non-hydrogen) atoms. The summed E-state index contributed by atoms with van der Waals surface area (Å²) in [5.41, 5.74) is 12.4. The van der Waals surface area contributed by atoms with E-state index in [-0.39, 0.29) is 11.8 Å². The van der Waals surface area contributed by atoms with Gasteiger partial charge in [-0.1, -0.05) is 11.6 Å². The first-order valence-corrected chi connectivity index (χ1v) is 4.41. The van der Waals surface area contributed by atoms with Crippen LogP contribution in [0, 0.1) is 0 Å². The average molecular weight is 201 g/mol. The molecular weight excluding hydrogens is 188 g/mol. The standard InChI is InChI=1S/C9H13ClN2O/c1-5(11)2-6-3-8(12)7(10)4-9(6)13/h3-5,13H,2,11-12H2,1H3. The maximum Gasteiger partial charge on any atom is 0.120 e. The van der Waals surface area contributed by atoms with Gasteiger partial charge in [-0.05, 0) is 25.0 Å². The highest BCUT2D eigenvalue weighted by atomic mass is 35.5. The van der Waals surface area contributed by atoms with Gasteiger partial charge in [0.15, 0.2) is 0 Å². The van der Waals surface area contributed by atoms with Crippen molar-refractivity contribution in [1.82, 2.24) is 0 Å². The first-order valence-electron chi connectivity index (χ1n) is 4.03. The smallest absolute Gasteiger partial charge is 0.120 e. The van der Waals surface area contributed by atoms with E-state index in [2.05, 4.69) is 0 Å². The van der Waals surface area contributed by atoms with Crippen LogP contribution in [0.3, 0.4) is 0 Å². The fraction of sp³-hybridized carbons (Fsp3) is 0.333. The topological polar surface area (TPSA) is 72.3 Å². The van der Waals surface area contributed by atoms with E-state index >= 15 is 0 Å². The number of nitrogen functional groups attached to an aromatic ring is 1. The Balaban J connectivity index is 3.01. The first-order chi connectivity index (χ1) is 6.00. The lowest BCUT2D eigenvalue weighted by Gasteiger charge is -2.09. The molecule has 3 nitrogen and oxygen atoms in total. The lowest BCUT2D eigenvalue weighted by atomic mass is 10.1. The highest BCUT2D eigenvalue weighted by Crippen LogP contribution is 2.28. The van der Waals surface area contributed by atoms with Gasteiger partial charge in [-0.2, -0.15) is 0 Å². The summed E-state index contributed by atoms with van der Waals surface area (Å²) < 4.78 is 0. The SMILES string of the molecule is CC(N)Cc1cc(N)c(Cl)cc1O. The van der Waals surface area contributed by atoms with E-state index in [4.69, 9.17) is 23.1 Å². The molecule has 0 aliphatic heterocycles. The fourth-order valence-corrected chi connectivity index (χ4v) is 1.29. The molecule has 0 saturated heterocycles. The molecule has 0 saturated carbocycles. The average Bonchev–Trinajstić information content (AvgIpc) is 1.99. The van der Waals surface area contributed by atoms with E-state index in [1.807, 2.05) is 6.92 Å². The summed E-state index contributed by atoms with van der Waals surface area (Å²) in [6.45, 7) is 1.87. The minimum atomic E-state index is -0.00789. The van der Waals surface area contributed by atoms with Crippen LogP contribution in [0.15, 0.2) is 12.1 Å². The molecule has 0 aliphatic rings. The molecule has 0 bridgehead atoms. The summed E-state index contributed by atoms with van der Waals surface area (Å²) in [7, 11) is 0. The number of halogens is 1. The summed E-state index contributed by atoms with van der Waals surface area (Å²) in [6, 6.07) is 3.08. The van der Waals surface area contributed by atoms with Crippen molar-refractivity contribution in [2.75, 3.05) is 5.73 Å². The van der Waals surface area contributed by atoms with Gasteiger partial charge in [-0.3, -0.25) is 0 Å². The maximum absolute atomic E-state index is 9.47. The van der Waals surface area contributed by atoms with E-state index in [1.54, 1.807) is 6.07 Å². The van der Waals surface area contributed by atoms with Crippen molar-refractivity contribution in [3.63, 3.8) is 0 Å². The Hall–Kier alpha value is -0.930. The molecule has 5 N–H and O–H groups in total. The van der Waals surface area contributed by atoms with Crippen LogP contribution < -0.4 is 11.5 Å². The summed E-state index contributed by atoms with van der Waals surface area (Å²) in [6.07, 6.45) is 0.590. The number of nitrogens with two attached hydrogens (primary N) is 2. The molecule has 4 heteroatoms. The number of hydrogen-bond donors (Lipinski definition) is 3. The number of anilines is 1. The van der Waals surface area contributed by atoms with Gasteiger partial charge in [-0.15, -0.1) is 0 Å². The monoisotopic (exact) mass is 200 g/mol. The predicted molar refractivity (Wildman–Crippen MR) is 54.9 cm³/mol. The largest absolute Gasteiger partial charge is 0.508 e. The molecule has 1 unspecified atom stereocenters. The minimum Gasteiger partial charge on any atom is -0.508 e. The zero-order valence-corrected chi connectivity index (χ0v) is 8.17. The van der Waals surface area contributed by atoms with E-state index in [0.29, 0.717) is 17.1 Å². The first kappa shape index (κ1) is 10.2. The van der Waals surface area contributed by atoms with Crippen molar-refractivity contribution < 1.29 is 5.11 Å². The van der Waals surface area contributed by atoms with Crippen LogP contribution >= 0.6 is 11.6 Å². The van der Waals surface area contributed by atoms with Crippen LogP contribution in [0.25, 0.3) is 0 Å². The van der Waals surface area contributed by atoms with Gasteiger partial charge in [0, 0.05) is 12.1 Å². The van der Waals surface area contributed by atoms with Gasteiger partial charge in [0.2, 0.25) is 0 Å². The van der Waals surface area contributed by atoms with E-state index in [1.165, 1.54) is 6.07 Å². The van der Waals surface area contributed by atoms with Crippen LogP contribution in [0.4, 0.5) is 5.69 Å². The van der Waals surface area contributed by atoms with Crippen LogP contribution in [-0.2, 0) is 6.42 Å².